The van der Waals surface area contributed by atoms with Crippen LogP contribution in [0.25, 0.3) is 0 Å². The summed E-state index contributed by atoms with van der Waals surface area (Å²) in [5.74, 6) is 1.80. The highest BCUT2D eigenvalue weighted by molar-refractivity contribution is 5.38. The fourth-order valence-corrected chi connectivity index (χ4v) is 2.67. The largest absolute Gasteiger partial charge is 0.457 e. The van der Waals surface area contributed by atoms with E-state index in [0.29, 0.717) is 6.04 Å². The molecule has 0 heterocycles. The minimum absolute atomic E-state index is 0.387. The van der Waals surface area contributed by atoms with E-state index in [9.17, 15) is 0 Å². The van der Waals surface area contributed by atoms with Crippen molar-refractivity contribution in [2.75, 3.05) is 6.54 Å². The molecule has 112 valence electrons. The van der Waals surface area contributed by atoms with Crippen LogP contribution in [0.1, 0.15) is 43.0 Å². The van der Waals surface area contributed by atoms with Crippen LogP contribution < -0.4 is 10.1 Å². The summed E-state index contributed by atoms with van der Waals surface area (Å²) in [5.41, 5.74) is 3.72. The second-order valence-corrected chi connectivity index (χ2v) is 5.52. The monoisotopic (exact) mass is 283 g/mol. The maximum absolute atomic E-state index is 6.03. The van der Waals surface area contributed by atoms with Gasteiger partial charge in [-0.05, 0) is 67.8 Å². The summed E-state index contributed by atoms with van der Waals surface area (Å²) in [5, 5.41) is 3.50. The third-order valence-corrected chi connectivity index (χ3v) is 3.55. The molecule has 0 amide bonds. The van der Waals surface area contributed by atoms with Gasteiger partial charge in [-0.1, -0.05) is 32.0 Å². The van der Waals surface area contributed by atoms with E-state index in [4.69, 9.17) is 4.74 Å². The second-order valence-electron chi connectivity index (χ2n) is 5.52. The molecule has 0 saturated carbocycles. The predicted molar refractivity (Wildman–Crippen MR) is 89.1 cm³/mol. The fourth-order valence-electron chi connectivity index (χ4n) is 2.67. The van der Waals surface area contributed by atoms with E-state index >= 15 is 0 Å². The molecule has 0 saturated heterocycles. The lowest BCUT2D eigenvalue weighted by Gasteiger charge is -2.17. The molecule has 0 aliphatic rings. The molecule has 0 radical (unpaired) electrons. The quantitative estimate of drug-likeness (QED) is 0.791. The Balaban J connectivity index is 2.20. The Morgan fingerprint density at radius 3 is 2.29 bits per heavy atom. The Kier molecular flexibility index (Phi) is 5.40. The SMILES string of the molecule is CCNC(CC)c1cccc(Oc2cc(C)cc(C)c2)c1. The van der Waals surface area contributed by atoms with Gasteiger partial charge < -0.3 is 10.1 Å². The number of hydrogen-bond donors (Lipinski definition) is 1. The third-order valence-electron chi connectivity index (χ3n) is 3.55. The zero-order valence-electron chi connectivity index (χ0n) is 13.4. The number of rotatable bonds is 6. The van der Waals surface area contributed by atoms with Gasteiger partial charge in [-0.25, -0.2) is 0 Å². The highest BCUT2D eigenvalue weighted by atomic mass is 16.5. The first-order chi connectivity index (χ1) is 10.1. The summed E-state index contributed by atoms with van der Waals surface area (Å²) in [7, 11) is 0. The van der Waals surface area contributed by atoms with Crippen LogP contribution in [-0.4, -0.2) is 6.54 Å². The Labute approximate surface area is 128 Å². The van der Waals surface area contributed by atoms with Gasteiger partial charge in [-0.2, -0.15) is 0 Å². The highest BCUT2D eigenvalue weighted by Gasteiger charge is 2.09. The fraction of sp³-hybridized carbons (Fsp3) is 0.368. The summed E-state index contributed by atoms with van der Waals surface area (Å²) in [6.45, 7) is 9.49. The molecule has 1 unspecified atom stereocenters. The van der Waals surface area contributed by atoms with Gasteiger partial charge >= 0.3 is 0 Å². The number of nitrogens with one attached hydrogen (secondary N) is 1. The standard InChI is InChI=1S/C19H25NO/c1-5-19(20-6-2)16-8-7-9-17(13-16)21-18-11-14(3)10-15(4)12-18/h7-13,19-20H,5-6H2,1-4H3. The van der Waals surface area contributed by atoms with Crippen molar-refractivity contribution >= 4 is 0 Å². The maximum Gasteiger partial charge on any atom is 0.127 e. The molecule has 0 aliphatic carbocycles. The van der Waals surface area contributed by atoms with Crippen LogP contribution in [0.3, 0.4) is 0 Å². The van der Waals surface area contributed by atoms with E-state index in [1.807, 2.05) is 6.07 Å². The Morgan fingerprint density at radius 2 is 1.67 bits per heavy atom. The van der Waals surface area contributed by atoms with Crippen LogP contribution in [-0.2, 0) is 0 Å². The average molecular weight is 283 g/mol. The molecule has 1 atom stereocenters. The Morgan fingerprint density at radius 1 is 0.952 bits per heavy atom. The molecule has 0 bridgehead atoms. The summed E-state index contributed by atoms with van der Waals surface area (Å²) in [4.78, 5) is 0. The average Bonchev–Trinajstić information content (AvgIpc) is 2.44. The predicted octanol–water partition coefficient (Wildman–Crippen LogP) is 5.16. The normalized spacial score (nSPS) is 12.2. The zero-order chi connectivity index (χ0) is 15.2. The van der Waals surface area contributed by atoms with Crippen molar-refractivity contribution < 1.29 is 4.74 Å². The van der Waals surface area contributed by atoms with Crippen LogP contribution in [0.5, 0.6) is 11.5 Å². The van der Waals surface area contributed by atoms with Crippen LogP contribution >= 0.6 is 0 Å². The van der Waals surface area contributed by atoms with Crippen molar-refractivity contribution in [3.8, 4) is 11.5 Å². The lowest BCUT2D eigenvalue weighted by molar-refractivity contribution is 0.477. The van der Waals surface area contributed by atoms with Crippen LogP contribution in [0.2, 0.25) is 0 Å². The first-order valence-corrected chi connectivity index (χ1v) is 7.72. The summed E-state index contributed by atoms with van der Waals surface area (Å²) in [6.07, 6.45) is 1.07. The highest BCUT2D eigenvalue weighted by Crippen LogP contribution is 2.27. The van der Waals surface area contributed by atoms with Gasteiger partial charge in [0, 0.05) is 6.04 Å². The summed E-state index contributed by atoms with van der Waals surface area (Å²) >= 11 is 0. The molecular formula is C19H25NO. The lowest BCUT2D eigenvalue weighted by Crippen LogP contribution is -2.19. The molecule has 0 aromatic heterocycles. The molecule has 2 rings (SSSR count). The minimum atomic E-state index is 0.387. The topological polar surface area (TPSA) is 21.3 Å². The lowest BCUT2D eigenvalue weighted by atomic mass is 10.0. The summed E-state index contributed by atoms with van der Waals surface area (Å²) < 4.78 is 6.03. The first kappa shape index (κ1) is 15.6. The van der Waals surface area contributed by atoms with E-state index in [0.717, 1.165) is 24.5 Å². The van der Waals surface area contributed by atoms with Gasteiger partial charge in [-0.15, -0.1) is 0 Å². The molecule has 2 nitrogen and oxygen atoms in total. The molecular weight excluding hydrogens is 258 g/mol. The molecule has 2 heteroatoms. The molecule has 0 spiro atoms. The van der Waals surface area contributed by atoms with Gasteiger partial charge in [0.1, 0.15) is 11.5 Å². The maximum atomic E-state index is 6.03. The van der Waals surface area contributed by atoms with Crippen molar-refractivity contribution in [1.82, 2.24) is 5.32 Å². The number of ether oxygens (including phenoxy) is 1. The van der Waals surface area contributed by atoms with Gasteiger partial charge in [0.15, 0.2) is 0 Å². The molecule has 0 aliphatic heterocycles. The summed E-state index contributed by atoms with van der Waals surface area (Å²) in [6, 6.07) is 15.1. The number of benzene rings is 2. The van der Waals surface area contributed by atoms with Crippen LogP contribution in [0.4, 0.5) is 0 Å². The van der Waals surface area contributed by atoms with Crippen LogP contribution in [0.15, 0.2) is 42.5 Å². The molecule has 1 N–H and O–H groups in total. The molecule has 2 aromatic rings. The van der Waals surface area contributed by atoms with Gasteiger partial charge in [-0.3, -0.25) is 0 Å². The van der Waals surface area contributed by atoms with Crippen molar-refractivity contribution in [3.05, 3.63) is 59.2 Å². The van der Waals surface area contributed by atoms with E-state index in [2.05, 4.69) is 69.4 Å². The molecule has 0 fully saturated rings. The number of hydrogen-bond acceptors (Lipinski definition) is 2. The first-order valence-electron chi connectivity index (χ1n) is 7.72. The van der Waals surface area contributed by atoms with Crippen molar-refractivity contribution in [1.29, 1.82) is 0 Å². The second kappa shape index (κ2) is 7.28. The minimum Gasteiger partial charge on any atom is -0.457 e. The Hall–Kier alpha value is -1.80. The van der Waals surface area contributed by atoms with Crippen molar-refractivity contribution in [3.63, 3.8) is 0 Å². The van der Waals surface area contributed by atoms with Gasteiger partial charge in [0.25, 0.3) is 0 Å². The number of aryl methyl sites for hydroxylation is 2. The Bertz CT molecular complexity index is 572. The van der Waals surface area contributed by atoms with E-state index in [-0.39, 0.29) is 0 Å². The molecule has 2 aromatic carbocycles. The van der Waals surface area contributed by atoms with E-state index in [1.54, 1.807) is 0 Å². The van der Waals surface area contributed by atoms with Gasteiger partial charge in [0.2, 0.25) is 0 Å². The van der Waals surface area contributed by atoms with E-state index < -0.39 is 0 Å². The van der Waals surface area contributed by atoms with Crippen molar-refractivity contribution in [2.45, 2.75) is 40.2 Å². The zero-order valence-corrected chi connectivity index (χ0v) is 13.4. The molecule has 21 heavy (non-hydrogen) atoms. The smallest absolute Gasteiger partial charge is 0.127 e. The van der Waals surface area contributed by atoms with Crippen molar-refractivity contribution in [2.24, 2.45) is 0 Å². The van der Waals surface area contributed by atoms with Crippen LogP contribution in [0, 0.1) is 13.8 Å². The third kappa shape index (κ3) is 4.33. The van der Waals surface area contributed by atoms with Gasteiger partial charge in [0.05, 0.1) is 0 Å². The van der Waals surface area contributed by atoms with E-state index in [1.165, 1.54) is 16.7 Å².